The molecule has 2 heterocycles. The monoisotopic (exact) mass is 473 g/mol. The average Bonchev–Trinajstić information content (AvgIpc) is 3.40. The summed E-state index contributed by atoms with van der Waals surface area (Å²) >= 11 is 6.17. The van der Waals surface area contributed by atoms with E-state index in [-0.39, 0.29) is 11.8 Å². The van der Waals surface area contributed by atoms with E-state index in [1.54, 1.807) is 0 Å². The maximum absolute atomic E-state index is 12.9. The van der Waals surface area contributed by atoms with Crippen molar-refractivity contribution < 1.29 is 9.53 Å². The summed E-state index contributed by atoms with van der Waals surface area (Å²) in [6.07, 6.45) is 1.29. The number of carbonyl (C=O) groups is 1. The zero-order valence-electron chi connectivity index (χ0n) is 19.5. The lowest BCUT2D eigenvalue weighted by atomic mass is 10.1. The summed E-state index contributed by atoms with van der Waals surface area (Å²) in [7, 11) is 0. The number of nitrogens with zero attached hydrogens (tertiary/aromatic N) is 3. The van der Waals surface area contributed by atoms with Crippen LogP contribution in [0.4, 0.5) is 5.69 Å². The van der Waals surface area contributed by atoms with Gasteiger partial charge in [-0.15, -0.1) is 0 Å². The highest BCUT2D eigenvalue weighted by atomic mass is 35.5. The molecule has 0 bridgehead atoms. The summed E-state index contributed by atoms with van der Waals surface area (Å²) in [6, 6.07) is 21.8. The molecule has 1 aliphatic rings. The van der Waals surface area contributed by atoms with Crippen LogP contribution in [0, 0.1) is 13.8 Å². The second-order valence-corrected chi connectivity index (χ2v) is 9.33. The van der Waals surface area contributed by atoms with Crippen molar-refractivity contribution in [1.29, 1.82) is 0 Å². The molecule has 0 spiro atoms. The Morgan fingerprint density at radius 1 is 1.06 bits per heavy atom. The fourth-order valence-electron chi connectivity index (χ4n) is 4.70. The van der Waals surface area contributed by atoms with E-state index in [0.29, 0.717) is 24.6 Å². The number of fused-ring (bicyclic) bond motifs is 1. The molecule has 0 radical (unpaired) electrons. The Balaban J connectivity index is 1.35. The van der Waals surface area contributed by atoms with E-state index in [4.69, 9.17) is 21.3 Å². The normalized spacial score (nSPS) is 15.9. The van der Waals surface area contributed by atoms with Crippen LogP contribution in [0.1, 0.15) is 35.7 Å². The largest absolute Gasteiger partial charge is 0.493 e. The minimum absolute atomic E-state index is 0.0267. The van der Waals surface area contributed by atoms with Crippen LogP contribution in [0.2, 0.25) is 5.02 Å². The summed E-state index contributed by atoms with van der Waals surface area (Å²) in [5, 5.41) is 0.629. The molecular formula is C28H28ClN3O2. The summed E-state index contributed by atoms with van der Waals surface area (Å²) in [6.45, 7) is 6.19. The molecule has 1 fully saturated rings. The minimum Gasteiger partial charge on any atom is -0.493 e. The lowest BCUT2D eigenvalue weighted by Crippen LogP contribution is -2.24. The first-order chi connectivity index (χ1) is 16.5. The van der Waals surface area contributed by atoms with Crippen LogP contribution in [-0.4, -0.2) is 28.6 Å². The number of aryl methyl sites for hydroxylation is 2. The van der Waals surface area contributed by atoms with Crippen molar-refractivity contribution in [2.75, 3.05) is 18.1 Å². The molecule has 1 unspecified atom stereocenters. The molecule has 1 aromatic heterocycles. The van der Waals surface area contributed by atoms with Crippen molar-refractivity contribution in [3.8, 4) is 5.75 Å². The molecule has 3 aromatic carbocycles. The minimum atomic E-state index is 0.0267. The fourth-order valence-corrected chi connectivity index (χ4v) is 4.88. The number of halogens is 1. The van der Waals surface area contributed by atoms with Gasteiger partial charge in [-0.1, -0.05) is 41.9 Å². The number of ether oxygens (including phenoxy) is 1. The van der Waals surface area contributed by atoms with Crippen LogP contribution in [0.15, 0.2) is 66.7 Å². The van der Waals surface area contributed by atoms with Crippen molar-refractivity contribution >= 4 is 34.2 Å². The molecule has 34 heavy (non-hydrogen) atoms. The molecule has 0 saturated carbocycles. The number of hydrogen-bond donors (Lipinski definition) is 0. The molecule has 4 aromatic rings. The number of carbonyl (C=O) groups excluding carboxylic acids is 1. The molecule has 5 nitrogen and oxygen atoms in total. The zero-order chi connectivity index (χ0) is 23.7. The van der Waals surface area contributed by atoms with Crippen LogP contribution in [0.25, 0.3) is 11.0 Å². The average molecular weight is 474 g/mol. The van der Waals surface area contributed by atoms with Crippen molar-refractivity contribution in [2.45, 2.75) is 39.2 Å². The van der Waals surface area contributed by atoms with Gasteiger partial charge in [0.2, 0.25) is 5.91 Å². The highest BCUT2D eigenvalue weighted by Crippen LogP contribution is 2.34. The molecule has 6 heteroatoms. The predicted octanol–water partition coefficient (Wildman–Crippen LogP) is 6.30. The Morgan fingerprint density at radius 2 is 1.88 bits per heavy atom. The number of hydrogen-bond acceptors (Lipinski definition) is 3. The Kier molecular flexibility index (Phi) is 6.29. The number of aromatic nitrogens is 2. The smallest absolute Gasteiger partial charge is 0.227 e. The van der Waals surface area contributed by atoms with Gasteiger partial charge in [-0.05, 0) is 67.8 Å². The molecule has 174 valence electrons. The van der Waals surface area contributed by atoms with Crippen LogP contribution in [0.5, 0.6) is 5.75 Å². The lowest BCUT2D eigenvalue weighted by Gasteiger charge is -2.18. The van der Waals surface area contributed by atoms with E-state index in [9.17, 15) is 4.79 Å². The molecule has 5 rings (SSSR count). The van der Waals surface area contributed by atoms with Gasteiger partial charge in [-0.3, -0.25) is 4.79 Å². The maximum Gasteiger partial charge on any atom is 0.227 e. The number of imidazole rings is 1. The van der Waals surface area contributed by atoms with Crippen LogP contribution >= 0.6 is 11.6 Å². The van der Waals surface area contributed by atoms with Gasteiger partial charge in [0.1, 0.15) is 11.6 Å². The number of benzene rings is 3. The Hall–Kier alpha value is -3.31. The van der Waals surface area contributed by atoms with E-state index in [1.165, 1.54) is 11.1 Å². The van der Waals surface area contributed by atoms with Crippen molar-refractivity contribution in [2.24, 2.45) is 0 Å². The van der Waals surface area contributed by atoms with Crippen LogP contribution in [0.3, 0.4) is 0 Å². The number of amides is 1. The van der Waals surface area contributed by atoms with Gasteiger partial charge >= 0.3 is 0 Å². The third-order valence-electron chi connectivity index (χ3n) is 6.63. The molecule has 1 aliphatic heterocycles. The van der Waals surface area contributed by atoms with Crippen LogP contribution in [-0.2, 0) is 11.3 Å². The van der Waals surface area contributed by atoms with E-state index in [2.05, 4.69) is 30.5 Å². The molecule has 0 N–H and O–H groups in total. The summed E-state index contributed by atoms with van der Waals surface area (Å²) in [5.41, 5.74) is 5.31. The third kappa shape index (κ3) is 4.40. The van der Waals surface area contributed by atoms with Gasteiger partial charge in [-0.25, -0.2) is 4.98 Å². The number of anilines is 1. The topological polar surface area (TPSA) is 47.4 Å². The van der Waals surface area contributed by atoms with Gasteiger partial charge < -0.3 is 14.2 Å². The molecule has 1 atom stereocenters. The van der Waals surface area contributed by atoms with E-state index in [0.717, 1.165) is 41.3 Å². The molecule has 0 aliphatic carbocycles. The van der Waals surface area contributed by atoms with Crippen LogP contribution < -0.4 is 9.64 Å². The quantitative estimate of drug-likeness (QED) is 0.296. The van der Waals surface area contributed by atoms with E-state index in [1.807, 2.05) is 59.5 Å². The Morgan fingerprint density at radius 3 is 2.74 bits per heavy atom. The molecule has 1 saturated heterocycles. The van der Waals surface area contributed by atoms with E-state index >= 15 is 0 Å². The van der Waals surface area contributed by atoms with Crippen molar-refractivity contribution in [3.63, 3.8) is 0 Å². The summed E-state index contributed by atoms with van der Waals surface area (Å²) < 4.78 is 8.35. The zero-order valence-corrected chi connectivity index (χ0v) is 20.3. The summed E-state index contributed by atoms with van der Waals surface area (Å²) in [4.78, 5) is 19.7. The van der Waals surface area contributed by atoms with E-state index < -0.39 is 0 Å². The third-order valence-corrected chi connectivity index (χ3v) is 6.87. The first-order valence-corrected chi connectivity index (χ1v) is 12.1. The van der Waals surface area contributed by atoms with Crippen molar-refractivity contribution in [3.05, 3.63) is 88.7 Å². The number of rotatable bonds is 7. The summed E-state index contributed by atoms with van der Waals surface area (Å²) in [5.74, 6) is 2.03. The van der Waals surface area contributed by atoms with Gasteiger partial charge in [0.25, 0.3) is 0 Å². The lowest BCUT2D eigenvalue weighted by molar-refractivity contribution is -0.117. The Bertz CT molecular complexity index is 1350. The standard InChI is InChI=1S/C28H28ClN3O2/c1-19-8-5-13-26(20(19)2)34-15-7-14-31-25-12-4-3-11-24(25)30-28(31)21-16-27(33)32(18-21)23-10-6-9-22(29)17-23/h3-6,8-13,17,21H,7,14-16,18H2,1-2H3. The first kappa shape index (κ1) is 22.5. The van der Waals surface area contributed by atoms with Gasteiger partial charge in [0.05, 0.1) is 17.6 Å². The second-order valence-electron chi connectivity index (χ2n) is 8.90. The SMILES string of the molecule is Cc1cccc(OCCCn2c(C3CC(=O)N(c4cccc(Cl)c4)C3)nc3ccccc32)c1C. The fraction of sp³-hybridized carbons (Fsp3) is 0.286. The number of para-hydroxylation sites is 2. The van der Waals surface area contributed by atoms with Gasteiger partial charge in [0, 0.05) is 36.1 Å². The Labute approximate surface area is 204 Å². The predicted molar refractivity (Wildman–Crippen MR) is 137 cm³/mol. The first-order valence-electron chi connectivity index (χ1n) is 11.7. The second kappa shape index (κ2) is 9.51. The highest BCUT2D eigenvalue weighted by molar-refractivity contribution is 6.30. The maximum atomic E-state index is 12.9. The highest BCUT2D eigenvalue weighted by Gasteiger charge is 2.34. The van der Waals surface area contributed by atoms with Gasteiger partial charge in [0.15, 0.2) is 0 Å². The molecule has 1 amide bonds. The van der Waals surface area contributed by atoms with Crippen molar-refractivity contribution in [1.82, 2.24) is 9.55 Å². The molecular weight excluding hydrogens is 446 g/mol. The van der Waals surface area contributed by atoms with Gasteiger partial charge in [-0.2, -0.15) is 0 Å².